The van der Waals surface area contributed by atoms with E-state index in [9.17, 15) is 9.59 Å². The molecule has 1 aromatic rings. The summed E-state index contributed by atoms with van der Waals surface area (Å²) in [6.45, 7) is 6.48. The molecule has 2 unspecified atom stereocenters. The van der Waals surface area contributed by atoms with Crippen molar-refractivity contribution in [1.82, 2.24) is 5.32 Å². The maximum atomic E-state index is 12.2. The van der Waals surface area contributed by atoms with Crippen molar-refractivity contribution in [3.8, 4) is 0 Å². The van der Waals surface area contributed by atoms with Gasteiger partial charge in [-0.3, -0.25) is 9.59 Å². The number of hydrogen-bond donors (Lipinski definition) is 1. The Kier molecular flexibility index (Phi) is 4.88. The number of halogens is 1. The molecule has 0 bridgehead atoms. The molecule has 2 atom stereocenters. The van der Waals surface area contributed by atoms with E-state index in [2.05, 4.69) is 19.2 Å². The van der Waals surface area contributed by atoms with Crippen molar-refractivity contribution in [3.63, 3.8) is 0 Å². The van der Waals surface area contributed by atoms with Crippen LogP contribution in [-0.4, -0.2) is 24.4 Å². The van der Waals surface area contributed by atoms with Crippen LogP contribution in [0.2, 0.25) is 5.02 Å². The second-order valence-electron chi connectivity index (χ2n) is 5.90. The van der Waals surface area contributed by atoms with Crippen molar-refractivity contribution in [3.05, 3.63) is 29.3 Å². The Morgan fingerprint density at radius 1 is 1.33 bits per heavy atom. The molecule has 1 aliphatic rings. The number of amides is 2. The third-order valence-electron chi connectivity index (χ3n) is 4.01. The van der Waals surface area contributed by atoms with Gasteiger partial charge < -0.3 is 10.2 Å². The van der Waals surface area contributed by atoms with Gasteiger partial charge in [0.2, 0.25) is 11.8 Å². The predicted octanol–water partition coefficient (Wildman–Crippen LogP) is 2.85. The molecule has 4 nitrogen and oxygen atoms in total. The average Bonchev–Trinajstić information content (AvgIpc) is 2.81. The first-order valence-corrected chi connectivity index (χ1v) is 7.63. The molecule has 21 heavy (non-hydrogen) atoms. The number of para-hydroxylation sites is 1. The lowest BCUT2D eigenvalue weighted by Gasteiger charge is -2.21. The van der Waals surface area contributed by atoms with E-state index < -0.39 is 0 Å². The lowest BCUT2D eigenvalue weighted by Crippen LogP contribution is -2.40. The van der Waals surface area contributed by atoms with Crippen LogP contribution in [0, 0.1) is 11.8 Å². The first-order valence-electron chi connectivity index (χ1n) is 7.25. The zero-order valence-corrected chi connectivity index (χ0v) is 13.4. The smallest absolute Gasteiger partial charge is 0.227 e. The zero-order valence-electron chi connectivity index (χ0n) is 12.6. The Hall–Kier alpha value is -1.55. The van der Waals surface area contributed by atoms with Gasteiger partial charge in [-0.1, -0.05) is 37.6 Å². The summed E-state index contributed by atoms with van der Waals surface area (Å²) in [5.41, 5.74) is 0.677. The van der Waals surface area contributed by atoms with Gasteiger partial charge in [0.15, 0.2) is 0 Å². The van der Waals surface area contributed by atoms with Crippen molar-refractivity contribution in [2.75, 3.05) is 11.4 Å². The van der Waals surface area contributed by atoms with Crippen LogP contribution in [0.25, 0.3) is 0 Å². The number of hydrogen-bond acceptors (Lipinski definition) is 2. The molecule has 2 amide bonds. The summed E-state index contributed by atoms with van der Waals surface area (Å²) in [6.07, 6.45) is 0.238. The molecule has 1 saturated heterocycles. The highest BCUT2D eigenvalue weighted by Crippen LogP contribution is 2.31. The molecule has 1 fully saturated rings. The van der Waals surface area contributed by atoms with Crippen LogP contribution < -0.4 is 10.2 Å². The van der Waals surface area contributed by atoms with Crippen molar-refractivity contribution in [2.45, 2.75) is 33.2 Å². The summed E-state index contributed by atoms with van der Waals surface area (Å²) in [6, 6.07) is 7.31. The largest absolute Gasteiger partial charge is 0.353 e. The van der Waals surface area contributed by atoms with E-state index in [-0.39, 0.29) is 30.2 Å². The van der Waals surface area contributed by atoms with E-state index in [0.717, 1.165) is 0 Å². The van der Waals surface area contributed by atoms with Crippen molar-refractivity contribution < 1.29 is 9.59 Å². The lowest BCUT2D eigenvalue weighted by atomic mass is 10.0. The van der Waals surface area contributed by atoms with Gasteiger partial charge in [-0.05, 0) is 25.0 Å². The molecule has 0 radical (unpaired) electrons. The molecule has 114 valence electrons. The molecule has 5 heteroatoms. The highest BCUT2D eigenvalue weighted by Gasteiger charge is 2.36. The highest BCUT2D eigenvalue weighted by molar-refractivity contribution is 6.33. The van der Waals surface area contributed by atoms with E-state index in [4.69, 9.17) is 11.6 Å². The first-order chi connectivity index (χ1) is 9.90. The third kappa shape index (κ3) is 3.56. The Balaban J connectivity index is 2.06. The number of carbonyl (C=O) groups excluding carboxylic acids is 2. The third-order valence-corrected chi connectivity index (χ3v) is 4.33. The zero-order chi connectivity index (χ0) is 15.6. The molecule has 0 spiro atoms. The van der Waals surface area contributed by atoms with Gasteiger partial charge in [0.05, 0.1) is 16.6 Å². The molecule has 0 aliphatic carbocycles. The van der Waals surface area contributed by atoms with Gasteiger partial charge in [-0.2, -0.15) is 0 Å². The van der Waals surface area contributed by atoms with E-state index in [1.165, 1.54) is 0 Å². The predicted molar refractivity (Wildman–Crippen MR) is 84.4 cm³/mol. The SMILES string of the molecule is CC(C)C(C)NC(=O)C1CC(=O)N(c2ccccc2Cl)C1. The van der Waals surface area contributed by atoms with Crippen LogP contribution in [-0.2, 0) is 9.59 Å². The second-order valence-corrected chi connectivity index (χ2v) is 6.31. The van der Waals surface area contributed by atoms with E-state index in [0.29, 0.717) is 23.2 Å². The standard InChI is InChI=1S/C16H21ClN2O2/c1-10(2)11(3)18-16(21)12-8-15(20)19(9-12)14-7-5-4-6-13(14)17/h4-7,10-12H,8-9H2,1-3H3,(H,18,21). The Morgan fingerprint density at radius 3 is 2.62 bits per heavy atom. The number of rotatable bonds is 4. The van der Waals surface area contributed by atoms with Gasteiger partial charge in [-0.25, -0.2) is 0 Å². The fourth-order valence-electron chi connectivity index (χ4n) is 2.30. The molecule has 0 saturated carbocycles. The minimum Gasteiger partial charge on any atom is -0.353 e. The maximum Gasteiger partial charge on any atom is 0.227 e. The van der Waals surface area contributed by atoms with Gasteiger partial charge in [0.1, 0.15) is 0 Å². The van der Waals surface area contributed by atoms with E-state index >= 15 is 0 Å². The summed E-state index contributed by atoms with van der Waals surface area (Å²) < 4.78 is 0. The van der Waals surface area contributed by atoms with Crippen molar-refractivity contribution in [1.29, 1.82) is 0 Å². The summed E-state index contributed by atoms with van der Waals surface area (Å²) in [5.74, 6) is -0.0553. The van der Waals surface area contributed by atoms with Crippen LogP contribution in [0.4, 0.5) is 5.69 Å². The monoisotopic (exact) mass is 308 g/mol. The summed E-state index contributed by atoms with van der Waals surface area (Å²) >= 11 is 6.13. The molecular weight excluding hydrogens is 288 g/mol. The van der Waals surface area contributed by atoms with Crippen molar-refractivity contribution >= 4 is 29.1 Å². The van der Waals surface area contributed by atoms with E-state index in [1.807, 2.05) is 19.1 Å². The molecule has 1 aromatic carbocycles. The topological polar surface area (TPSA) is 49.4 Å². The molecular formula is C16H21ClN2O2. The van der Waals surface area contributed by atoms with Gasteiger partial charge in [0.25, 0.3) is 0 Å². The quantitative estimate of drug-likeness (QED) is 0.930. The number of nitrogens with zero attached hydrogens (tertiary/aromatic N) is 1. The van der Waals surface area contributed by atoms with Crippen LogP contribution in [0.15, 0.2) is 24.3 Å². The molecule has 2 rings (SSSR count). The molecule has 1 aliphatic heterocycles. The minimum atomic E-state index is -0.310. The fraction of sp³-hybridized carbons (Fsp3) is 0.500. The summed E-state index contributed by atoms with van der Waals surface area (Å²) in [7, 11) is 0. The Labute approximate surface area is 130 Å². The van der Waals surface area contributed by atoms with Gasteiger partial charge in [-0.15, -0.1) is 0 Å². The fourth-order valence-corrected chi connectivity index (χ4v) is 2.53. The van der Waals surface area contributed by atoms with Gasteiger partial charge >= 0.3 is 0 Å². The molecule has 0 aromatic heterocycles. The minimum absolute atomic E-state index is 0.0551. The Bertz CT molecular complexity index is 545. The summed E-state index contributed by atoms with van der Waals surface area (Å²) in [4.78, 5) is 26.0. The maximum absolute atomic E-state index is 12.2. The van der Waals surface area contributed by atoms with Gasteiger partial charge in [0, 0.05) is 19.0 Å². The van der Waals surface area contributed by atoms with Crippen LogP contribution in [0.1, 0.15) is 27.2 Å². The number of anilines is 1. The number of benzene rings is 1. The number of nitrogens with one attached hydrogen (secondary N) is 1. The Morgan fingerprint density at radius 2 is 2.00 bits per heavy atom. The van der Waals surface area contributed by atoms with Crippen molar-refractivity contribution in [2.24, 2.45) is 11.8 Å². The van der Waals surface area contributed by atoms with Crippen LogP contribution in [0.3, 0.4) is 0 Å². The molecule has 1 N–H and O–H groups in total. The number of carbonyl (C=O) groups is 2. The normalized spacial score (nSPS) is 20.0. The van der Waals surface area contributed by atoms with E-state index in [1.54, 1.807) is 17.0 Å². The van der Waals surface area contributed by atoms with Crippen LogP contribution in [0.5, 0.6) is 0 Å². The molecule has 1 heterocycles. The second kappa shape index (κ2) is 6.48. The highest BCUT2D eigenvalue weighted by atomic mass is 35.5. The summed E-state index contributed by atoms with van der Waals surface area (Å²) in [5, 5.41) is 3.51. The lowest BCUT2D eigenvalue weighted by molar-refractivity contribution is -0.127. The van der Waals surface area contributed by atoms with Crippen LogP contribution >= 0.6 is 11.6 Å². The first kappa shape index (κ1) is 15.8. The average molecular weight is 309 g/mol.